The first-order chi connectivity index (χ1) is 14.5. The molecule has 0 unspecified atom stereocenters. The number of nitrogens with one attached hydrogen (secondary N) is 1. The third-order valence-corrected chi connectivity index (χ3v) is 5.71. The Morgan fingerprint density at radius 3 is 2.77 bits per heavy atom. The Labute approximate surface area is 173 Å². The first-order valence-corrected chi connectivity index (χ1v) is 10.2. The maximum Gasteiger partial charge on any atom is 0.308 e. The van der Waals surface area contributed by atoms with Crippen molar-refractivity contribution in [2.45, 2.75) is 44.6 Å². The molecule has 0 aromatic carbocycles. The van der Waals surface area contributed by atoms with Gasteiger partial charge in [0.2, 0.25) is 11.9 Å². The van der Waals surface area contributed by atoms with E-state index in [9.17, 15) is 14.0 Å². The molecule has 1 saturated heterocycles. The van der Waals surface area contributed by atoms with E-state index in [4.69, 9.17) is 4.74 Å². The Balaban J connectivity index is 1.49. The molecule has 1 saturated carbocycles. The lowest BCUT2D eigenvalue weighted by molar-refractivity contribution is -0.146. The topological polar surface area (TPSA) is 97.3 Å². The fraction of sp³-hybridized carbons (Fsp3) is 0.476. The predicted octanol–water partition coefficient (Wildman–Crippen LogP) is 2.95. The lowest BCUT2D eigenvalue weighted by Crippen LogP contribution is -2.30. The lowest BCUT2D eigenvalue weighted by atomic mass is 9.86. The van der Waals surface area contributed by atoms with Gasteiger partial charge in [0.05, 0.1) is 19.2 Å². The second-order valence-electron chi connectivity index (χ2n) is 7.66. The van der Waals surface area contributed by atoms with Gasteiger partial charge in [-0.3, -0.25) is 14.5 Å². The van der Waals surface area contributed by atoms with Gasteiger partial charge in [0.15, 0.2) is 5.82 Å². The van der Waals surface area contributed by atoms with Crippen LogP contribution >= 0.6 is 0 Å². The standard InChI is InChI=1S/C21H24FN5O3/c1-30-20(29)13-4-6-15(7-5-13)25-21-24-12-16(22)19(26-21)14-8-9-23-17(11-14)27-10-2-3-18(27)28/h8-9,11-13,15H,2-7,10H2,1H3,(H,24,25,26). The van der Waals surface area contributed by atoms with E-state index in [2.05, 4.69) is 20.3 Å². The van der Waals surface area contributed by atoms with Gasteiger partial charge in [-0.25, -0.2) is 19.3 Å². The molecule has 30 heavy (non-hydrogen) atoms. The Hall–Kier alpha value is -3.10. The van der Waals surface area contributed by atoms with E-state index in [1.807, 2.05) is 0 Å². The molecule has 0 spiro atoms. The molecule has 2 aliphatic rings. The molecular formula is C21H24FN5O3. The number of rotatable bonds is 5. The van der Waals surface area contributed by atoms with Crippen LogP contribution in [0.25, 0.3) is 11.3 Å². The second kappa shape index (κ2) is 8.73. The minimum absolute atomic E-state index is 0.0210. The predicted molar refractivity (Wildman–Crippen MR) is 108 cm³/mol. The lowest BCUT2D eigenvalue weighted by Gasteiger charge is -2.27. The van der Waals surface area contributed by atoms with Crippen molar-refractivity contribution in [3.05, 3.63) is 30.3 Å². The highest BCUT2D eigenvalue weighted by Crippen LogP contribution is 2.29. The number of carbonyl (C=O) groups is 2. The highest BCUT2D eigenvalue weighted by molar-refractivity contribution is 5.94. The molecule has 3 heterocycles. The monoisotopic (exact) mass is 413 g/mol. The van der Waals surface area contributed by atoms with Crippen molar-refractivity contribution < 1.29 is 18.7 Å². The van der Waals surface area contributed by atoms with Gasteiger partial charge in [-0.2, -0.15) is 0 Å². The average molecular weight is 413 g/mol. The summed E-state index contributed by atoms with van der Waals surface area (Å²) in [6.07, 6.45) is 7.02. The highest BCUT2D eigenvalue weighted by atomic mass is 19.1. The molecule has 0 radical (unpaired) electrons. The van der Waals surface area contributed by atoms with Gasteiger partial charge in [0.25, 0.3) is 0 Å². The Kier molecular flexibility index (Phi) is 5.87. The maximum atomic E-state index is 14.5. The van der Waals surface area contributed by atoms with Crippen LogP contribution in [-0.2, 0) is 14.3 Å². The molecule has 0 atom stereocenters. The smallest absolute Gasteiger partial charge is 0.308 e. The molecule has 9 heteroatoms. The molecule has 158 valence electrons. The minimum atomic E-state index is -0.542. The van der Waals surface area contributed by atoms with Crippen LogP contribution < -0.4 is 10.2 Å². The molecule has 1 amide bonds. The fourth-order valence-electron chi connectivity index (χ4n) is 4.07. The molecule has 8 nitrogen and oxygen atoms in total. The van der Waals surface area contributed by atoms with Crippen LogP contribution in [0.4, 0.5) is 16.2 Å². The Bertz CT molecular complexity index is 946. The molecule has 2 aromatic heterocycles. The van der Waals surface area contributed by atoms with Crippen LogP contribution in [-0.4, -0.2) is 46.5 Å². The van der Waals surface area contributed by atoms with Crippen LogP contribution in [0.3, 0.4) is 0 Å². The quantitative estimate of drug-likeness (QED) is 0.753. The number of amides is 1. The Morgan fingerprint density at radius 2 is 2.07 bits per heavy atom. The molecule has 2 aromatic rings. The van der Waals surface area contributed by atoms with Gasteiger partial charge in [-0.05, 0) is 44.2 Å². The summed E-state index contributed by atoms with van der Waals surface area (Å²) in [5.74, 6) is 0.0831. The van der Waals surface area contributed by atoms with Gasteiger partial charge in [-0.15, -0.1) is 0 Å². The average Bonchev–Trinajstić information content (AvgIpc) is 3.21. The van der Waals surface area contributed by atoms with Crippen LogP contribution in [0.15, 0.2) is 24.5 Å². The van der Waals surface area contributed by atoms with E-state index >= 15 is 0 Å². The summed E-state index contributed by atoms with van der Waals surface area (Å²) in [5.41, 5.74) is 0.697. The van der Waals surface area contributed by atoms with Crippen molar-refractivity contribution in [1.29, 1.82) is 0 Å². The third-order valence-electron chi connectivity index (χ3n) is 5.71. The number of nitrogens with zero attached hydrogens (tertiary/aromatic N) is 4. The van der Waals surface area contributed by atoms with E-state index in [1.54, 1.807) is 23.2 Å². The number of hydrogen-bond acceptors (Lipinski definition) is 7. The van der Waals surface area contributed by atoms with E-state index < -0.39 is 5.82 Å². The summed E-state index contributed by atoms with van der Waals surface area (Å²) in [4.78, 5) is 38.0. The number of pyridine rings is 1. The van der Waals surface area contributed by atoms with Crippen molar-refractivity contribution in [3.8, 4) is 11.3 Å². The van der Waals surface area contributed by atoms with Crippen LogP contribution in [0, 0.1) is 11.7 Å². The number of methoxy groups -OCH3 is 1. The van der Waals surface area contributed by atoms with Gasteiger partial charge in [0, 0.05) is 30.8 Å². The zero-order chi connectivity index (χ0) is 21.1. The fourth-order valence-corrected chi connectivity index (χ4v) is 4.07. The number of anilines is 2. The zero-order valence-corrected chi connectivity index (χ0v) is 16.8. The molecular weight excluding hydrogens is 389 g/mol. The number of halogens is 1. The van der Waals surface area contributed by atoms with Crippen LogP contribution in [0.1, 0.15) is 38.5 Å². The summed E-state index contributed by atoms with van der Waals surface area (Å²) in [5, 5.41) is 3.25. The van der Waals surface area contributed by atoms with E-state index in [0.29, 0.717) is 30.3 Å². The number of aromatic nitrogens is 3. The first-order valence-electron chi connectivity index (χ1n) is 10.2. The summed E-state index contributed by atoms with van der Waals surface area (Å²) in [7, 11) is 1.41. The van der Waals surface area contributed by atoms with Crippen molar-refractivity contribution in [2.24, 2.45) is 5.92 Å². The minimum Gasteiger partial charge on any atom is -0.469 e. The zero-order valence-electron chi connectivity index (χ0n) is 16.8. The van der Waals surface area contributed by atoms with Crippen molar-refractivity contribution >= 4 is 23.6 Å². The van der Waals surface area contributed by atoms with Crippen LogP contribution in [0.5, 0.6) is 0 Å². The summed E-state index contributed by atoms with van der Waals surface area (Å²) in [6.45, 7) is 0.614. The molecule has 1 aliphatic carbocycles. The maximum absolute atomic E-state index is 14.5. The van der Waals surface area contributed by atoms with E-state index in [1.165, 1.54) is 7.11 Å². The molecule has 1 N–H and O–H groups in total. The normalized spacial score (nSPS) is 21.5. The molecule has 4 rings (SSSR count). The second-order valence-corrected chi connectivity index (χ2v) is 7.66. The molecule has 2 fully saturated rings. The van der Waals surface area contributed by atoms with Gasteiger partial charge in [-0.1, -0.05) is 0 Å². The molecule has 1 aliphatic heterocycles. The van der Waals surface area contributed by atoms with Crippen molar-refractivity contribution in [3.63, 3.8) is 0 Å². The summed E-state index contributed by atoms with van der Waals surface area (Å²) < 4.78 is 19.3. The van der Waals surface area contributed by atoms with Gasteiger partial charge < -0.3 is 10.1 Å². The highest BCUT2D eigenvalue weighted by Gasteiger charge is 2.27. The summed E-state index contributed by atoms with van der Waals surface area (Å²) in [6, 6.07) is 3.46. The first kappa shape index (κ1) is 20.2. The van der Waals surface area contributed by atoms with E-state index in [0.717, 1.165) is 38.3 Å². The molecule has 0 bridgehead atoms. The summed E-state index contributed by atoms with van der Waals surface area (Å²) >= 11 is 0. The SMILES string of the molecule is COC(=O)C1CCC(Nc2ncc(F)c(-c3ccnc(N4CCCC4=O)c3)n2)CC1. The third kappa shape index (κ3) is 4.24. The van der Waals surface area contributed by atoms with Crippen LogP contribution in [0.2, 0.25) is 0 Å². The number of carbonyl (C=O) groups excluding carboxylic acids is 2. The Morgan fingerprint density at radius 1 is 1.27 bits per heavy atom. The number of esters is 1. The van der Waals surface area contributed by atoms with Gasteiger partial charge in [0.1, 0.15) is 11.5 Å². The van der Waals surface area contributed by atoms with E-state index in [-0.39, 0.29) is 29.5 Å². The van der Waals surface area contributed by atoms with Gasteiger partial charge >= 0.3 is 5.97 Å². The largest absolute Gasteiger partial charge is 0.469 e. The van der Waals surface area contributed by atoms with Crippen molar-refractivity contribution in [2.75, 3.05) is 23.9 Å². The van der Waals surface area contributed by atoms with Crippen molar-refractivity contribution in [1.82, 2.24) is 15.0 Å². The number of ether oxygens (including phenoxy) is 1. The number of hydrogen-bond donors (Lipinski definition) is 1.